The summed E-state index contributed by atoms with van der Waals surface area (Å²) >= 11 is 15.2. The van der Waals surface area contributed by atoms with Gasteiger partial charge in [0.15, 0.2) is 5.82 Å². The van der Waals surface area contributed by atoms with Gasteiger partial charge in [0, 0.05) is 17.2 Å². The van der Waals surface area contributed by atoms with Crippen LogP contribution in [0.2, 0.25) is 10.0 Å². The molecular weight excluding hydrogens is 403 g/mol. The Morgan fingerprint density at radius 3 is 2.43 bits per heavy atom. The number of nitrogens with zero attached hydrogens (tertiary/aromatic N) is 2. The maximum absolute atomic E-state index is 12.4. The van der Waals surface area contributed by atoms with E-state index >= 15 is 0 Å². The molecule has 10 heteroatoms. The van der Waals surface area contributed by atoms with Crippen molar-refractivity contribution in [3.8, 4) is 0 Å². The van der Waals surface area contributed by atoms with E-state index in [1.165, 1.54) is 23.0 Å². The molecule has 0 bridgehead atoms. The molecule has 0 radical (unpaired) electrons. The first-order chi connectivity index (χ1) is 9.74. The normalized spacial score (nSPS) is 11.6. The van der Waals surface area contributed by atoms with Crippen molar-refractivity contribution in [3.63, 3.8) is 0 Å². The molecule has 0 aliphatic carbocycles. The van der Waals surface area contributed by atoms with Gasteiger partial charge in [-0.2, -0.15) is 5.10 Å². The molecule has 114 valence electrons. The molecule has 2 aromatic rings. The van der Waals surface area contributed by atoms with Crippen LogP contribution in [-0.4, -0.2) is 18.2 Å². The Labute approximate surface area is 140 Å². The minimum Gasteiger partial charge on any atom is -0.381 e. The fraction of sp³-hybridized carbons (Fsp3) is 0.182. The van der Waals surface area contributed by atoms with Gasteiger partial charge in [0.2, 0.25) is 0 Å². The van der Waals surface area contributed by atoms with Crippen molar-refractivity contribution in [2.24, 2.45) is 0 Å². The third kappa shape index (κ3) is 3.45. The quantitative estimate of drug-likeness (QED) is 0.803. The molecule has 0 saturated carbocycles. The molecule has 0 aliphatic heterocycles. The van der Waals surface area contributed by atoms with Crippen LogP contribution in [0.15, 0.2) is 27.7 Å². The zero-order chi connectivity index (χ0) is 15.8. The second-order valence-corrected chi connectivity index (χ2v) is 7.47. The third-order valence-electron chi connectivity index (χ3n) is 2.61. The standard InChI is InChI=1S/C11H11BrCl2N4O2S/c1-2-18-5-9(11(15)16-18)21(19,20)17-10-7(13)3-6(12)4-8(10)14/h3-5,17H,2H2,1H3,(H2,15,16). The number of nitrogens with one attached hydrogen (secondary N) is 1. The van der Waals surface area contributed by atoms with E-state index in [1.54, 1.807) is 0 Å². The number of nitrogen functional groups attached to an aromatic ring is 1. The van der Waals surface area contributed by atoms with Crippen LogP contribution in [-0.2, 0) is 16.6 Å². The van der Waals surface area contributed by atoms with Gasteiger partial charge in [-0.1, -0.05) is 39.1 Å². The second kappa shape index (κ2) is 6.04. The summed E-state index contributed by atoms with van der Waals surface area (Å²) in [4.78, 5) is -0.126. The number of aryl methyl sites for hydroxylation is 1. The van der Waals surface area contributed by atoms with Crippen LogP contribution in [0.4, 0.5) is 11.5 Å². The van der Waals surface area contributed by atoms with Crippen LogP contribution in [0.1, 0.15) is 6.92 Å². The molecule has 0 amide bonds. The van der Waals surface area contributed by atoms with Crippen LogP contribution < -0.4 is 10.5 Å². The summed E-state index contributed by atoms with van der Waals surface area (Å²) in [7, 11) is -3.93. The minimum absolute atomic E-state index is 0.0881. The predicted octanol–water partition coefficient (Wildman–Crippen LogP) is 3.36. The van der Waals surface area contributed by atoms with Crippen molar-refractivity contribution in [3.05, 3.63) is 32.8 Å². The first kappa shape index (κ1) is 16.4. The summed E-state index contributed by atoms with van der Waals surface area (Å²) in [6, 6.07) is 3.06. The Hall–Kier alpha value is -0.960. The van der Waals surface area contributed by atoms with E-state index in [-0.39, 0.29) is 26.4 Å². The van der Waals surface area contributed by atoms with Gasteiger partial charge >= 0.3 is 0 Å². The Morgan fingerprint density at radius 2 is 1.95 bits per heavy atom. The van der Waals surface area contributed by atoms with E-state index < -0.39 is 10.0 Å². The van der Waals surface area contributed by atoms with Gasteiger partial charge in [-0.15, -0.1) is 0 Å². The molecule has 1 aromatic carbocycles. The molecule has 0 fully saturated rings. The highest BCUT2D eigenvalue weighted by Gasteiger charge is 2.23. The second-order valence-electron chi connectivity index (χ2n) is 4.08. The molecule has 1 heterocycles. The number of halogens is 3. The molecule has 2 rings (SSSR count). The van der Waals surface area contributed by atoms with Crippen molar-refractivity contribution in [1.82, 2.24) is 9.78 Å². The number of rotatable bonds is 4. The lowest BCUT2D eigenvalue weighted by Crippen LogP contribution is -2.14. The molecule has 0 atom stereocenters. The third-order valence-corrected chi connectivity index (χ3v) is 5.03. The zero-order valence-electron chi connectivity index (χ0n) is 10.8. The number of anilines is 2. The fourth-order valence-corrected chi connectivity index (χ4v) is 4.21. The zero-order valence-corrected chi connectivity index (χ0v) is 14.7. The monoisotopic (exact) mass is 412 g/mol. The van der Waals surface area contributed by atoms with Gasteiger partial charge in [0.25, 0.3) is 10.0 Å². The van der Waals surface area contributed by atoms with Gasteiger partial charge in [0.1, 0.15) is 4.90 Å². The first-order valence-corrected chi connectivity index (χ1v) is 8.78. The number of sulfonamides is 1. The summed E-state index contributed by atoms with van der Waals surface area (Å²) < 4.78 is 29.1. The molecule has 0 aliphatic rings. The van der Waals surface area contributed by atoms with Crippen LogP contribution >= 0.6 is 39.1 Å². The van der Waals surface area contributed by atoms with Gasteiger partial charge in [-0.3, -0.25) is 9.40 Å². The van der Waals surface area contributed by atoms with E-state index in [2.05, 4.69) is 25.8 Å². The molecule has 0 spiro atoms. The summed E-state index contributed by atoms with van der Waals surface area (Å²) in [6.07, 6.45) is 1.35. The van der Waals surface area contributed by atoms with E-state index in [4.69, 9.17) is 28.9 Å². The highest BCUT2D eigenvalue weighted by atomic mass is 79.9. The van der Waals surface area contributed by atoms with Crippen LogP contribution in [0, 0.1) is 0 Å². The number of benzene rings is 1. The minimum atomic E-state index is -3.93. The lowest BCUT2D eigenvalue weighted by atomic mass is 10.3. The summed E-state index contributed by atoms with van der Waals surface area (Å²) in [6.45, 7) is 2.32. The molecule has 3 N–H and O–H groups in total. The summed E-state index contributed by atoms with van der Waals surface area (Å²) in [5.74, 6) is -0.0892. The van der Waals surface area contributed by atoms with Gasteiger partial charge < -0.3 is 5.73 Å². The fourth-order valence-electron chi connectivity index (χ4n) is 1.62. The van der Waals surface area contributed by atoms with Crippen molar-refractivity contribution in [2.45, 2.75) is 18.4 Å². The summed E-state index contributed by atoms with van der Waals surface area (Å²) in [5, 5.41) is 4.23. The maximum Gasteiger partial charge on any atom is 0.267 e. The van der Waals surface area contributed by atoms with Crippen LogP contribution in [0.25, 0.3) is 0 Å². The smallest absolute Gasteiger partial charge is 0.267 e. The average molecular weight is 414 g/mol. The summed E-state index contributed by atoms with van der Waals surface area (Å²) in [5.41, 5.74) is 5.72. The number of aromatic nitrogens is 2. The molecule has 0 saturated heterocycles. The SMILES string of the molecule is CCn1cc(S(=O)(=O)Nc2c(Cl)cc(Br)cc2Cl)c(N)n1. The van der Waals surface area contributed by atoms with Crippen molar-refractivity contribution < 1.29 is 8.42 Å². The number of hydrogen-bond donors (Lipinski definition) is 2. The Balaban J connectivity index is 2.44. The van der Waals surface area contributed by atoms with Crippen molar-refractivity contribution in [1.29, 1.82) is 0 Å². The predicted molar refractivity (Wildman–Crippen MR) is 87.3 cm³/mol. The van der Waals surface area contributed by atoms with Crippen molar-refractivity contribution >= 4 is 60.7 Å². The largest absolute Gasteiger partial charge is 0.381 e. The van der Waals surface area contributed by atoms with Crippen LogP contribution in [0.5, 0.6) is 0 Å². The van der Waals surface area contributed by atoms with Gasteiger partial charge in [-0.05, 0) is 19.1 Å². The lowest BCUT2D eigenvalue weighted by Gasteiger charge is -2.11. The van der Waals surface area contributed by atoms with E-state index in [9.17, 15) is 8.42 Å². The molecule has 21 heavy (non-hydrogen) atoms. The number of nitrogens with two attached hydrogens (primary N) is 1. The first-order valence-electron chi connectivity index (χ1n) is 5.75. The van der Waals surface area contributed by atoms with Crippen LogP contribution in [0.3, 0.4) is 0 Å². The molecular formula is C11H11BrCl2N4O2S. The highest BCUT2D eigenvalue weighted by molar-refractivity contribution is 9.10. The van der Waals surface area contributed by atoms with Gasteiger partial charge in [-0.25, -0.2) is 8.42 Å². The number of hydrogen-bond acceptors (Lipinski definition) is 4. The topological polar surface area (TPSA) is 90.0 Å². The van der Waals surface area contributed by atoms with E-state index in [1.807, 2.05) is 6.92 Å². The Bertz CT molecular complexity index is 769. The maximum atomic E-state index is 12.4. The Morgan fingerprint density at radius 1 is 1.38 bits per heavy atom. The van der Waals surface area contributed by atoms with Crippen molar-refractivity contribution in [2.75, 3.05) is 10.5 Å². The molecule has 6 nitrogen and oxygen atoms in total. The van der Waals surface area contributed by atoms with E-state index in [0.29, 0.717) is 11.0 Å². The van der Waals surface area contributed by atoms with Gasteiger partial charge in [0.05, 0.1) is 15.7 Å². The Kier molecular flexibility index (Phi) is 4.72. The molecule has 1 aromatic heterocycles. The average Bonchev–Trinajstić information content (AvgIpc) is 2.76. The highest BCUT2D eigenvalue weighted by Crippen LogP contribution is 2.35. The van der Waals surface area contributed by atoms with E-state index in [0.717, 1.165) is 0 Å². The lowest BCUT2D eigenvalue weighted by molar-refractivity contribution is 0.600. The molecule has 0 unspecified atom stereocenters.